The molecule has 1 amide bonds. The van der Waals surface area contributed by atoms with Gasteiger partial charge in [0.15, 0.2) is 17.0 Å². The molecule has 3 aromatic heterocycles. The monoisotopic (exact) mass is 302 g/mol. The Balaban J connectivity index is 1.99. The zero-order valence-electron chi connectivity index (χ0n) is 11.4. The highest BCUT2D eigenvalue weighted by Gasteiger charge is 2.14. The summed E-state index contributed by atoms with van der Waals surface area (Å²) in [7, 11) is 3.32. The minimum absolute atomic E-state index is 0.205. The van der Waals surface area contributed by atoms with Crippen LogP contribution in [0.1, 0.15) is 10.5 Å². The molecular formula is C14H11ClN4O2. The van der Waals surface area contributed by atoms with Crippen LogP contribution in [0.4, 0.5) is 0 Å². The second kappa shape index (κ2) is 5.14. The first-order valence-corrected chi connectivity index (χ1v) is 6.54. The summed E-state index contributed by atoms with van der Waals surface area (Å²) in [6, 6.07) is 6.67. The molecule has 0 aliphatic carbocycles. The third kappa shape index (κ3) is 2.45. The van der Waals surface area contributed by atoms with Crippen LogP contribution in [0.3, 0.4) is 0 Å². The van der Waals surface area contributed by atoms with Crippen LogP contribution in [0.15, 0.2) is 34.9 Å². The molecule has 0 radical (unpaired) electrons. The van der Waals surface area contributed by atoms with Gasteiger partial charge in [-0.05, 0) is 18.2 Å². The minimum Gasteiger partial charge on any atom is -0.451 e. The van der Waals surface area contributed by atoms with Crippen molar-refractivity contribution in [2.45, 2.75) is 0 Å². The molecule has 0 unspecified atom stereocenters. The molecule has 21 heavy (non-hydrogen) atoms. The van der Waals surface area contributed by atoms with Crippen molar-refractivity contribution >= 4 is 28.6 Å². The number of halogens is 1. The lowest BCUT2D eigenvalue weighted by atomic mass is 10.2. The Morgan fingerprint density at radius 2 is 2.05 bits per heavy atom. The molecule has 0 bridgehead atoms. The molecule has 3 aromatic rings. The first-order chi connectivity index (χ1) is 10.1. The van der Waals surface area contributed by atoms with Gasteiger partial charge in [0.1, 0.15) is 11.2 Å². The smallest absolute Gasteiger partial charge is 0.273 e. The Bertz CT molecular complexity index is 811. The Kier molecular flexibility index (Phi) is 3.31. The molecule has 0 saturated heterocycles. The van der Waals surface area contributed by atoms with E-state index in [2.05, 4.69) is 15.2 Å². The molecule has 3 rings (SSSR count). The van der Waals surface area contributed by atoms with Gasteiger partial charge in [0.05, 0.1) is 5.02 Å². The topological polar surface area (TPSA) is 72.1 Å². The van der Waals surface area contributed by atoms with E-state index in [4.69, 9.17) is 16.0 Å². The van der Waals surface area contributed by atoms with E-state index >= 15 is 0 Å². The van der Waals surface area contributed by atoms with E-state index in [0.717, 1.165) is 0 Å². The van der Waals surface area contributed by atoms with E-state index in [0.29, 0.717) is 27.6 Å². The van der Waals surface area contributed by atoms with Crippen molar-refractivity contribution in [3.63, 3.8) is 0 Å². The van der Waals surface area contributed by atoms with E-state index in [1.807, 2.05) is 0 Å². The van der Waals surface area contributed by atoms with Gasteiger partial charge in [0.2, 0.25) is 0 Å². The lowest BCUT2D eigenvalue weighted by molar-refractivity contribution is 0.0821. The van der Waals surface area contributed by atoms with Crippen LogP contribution in [0, 0.1) is 0 Å². The summed E-state index contributed by atoms with van der Waals surface area (Å²) in [4.78, 5) is 17.4. The fourth-order valence-corrected chi connectivity index (χ4v) is 2.03. The van der Waals surface area contributed by atoms with Crippen LogP contribution in [-0.4, -0.2) is 40.1 Å². The summed E-state index contributed by atoms with van der Waals surface area (Å²) >= 11 is 6.04. The summed E-state index contributed by atoms with van der Waals surface area (Å²) in [6.07, 6.45) is 1.61. The van der Waals surface area contributed by atoms with Crippen LogP contribution in [0.25, 0.3) is 22.6 Å². The first-order valence-electron chi connectivity index (χ1n) is 6.16. The predicted molar refractivity (Wildman–Crippen MR) is 78.1 cm³/mol. The largest absolute Gasteiger partial charge is 0.451 e. The molecule has 0 aromatic carbocycles. The molecular weight excluding hydrogens is 292 g/mol. The maximum atomic E-state index is 11.8. The number of carbonyl (C=O) groups is 1. The van der Waals surface area contributed by atoms with Crippen molar-refractivity contribution < 1.29 is 9.21 Å². The van der Waals surface area contributed by atoms with Crippen molar-refractivity contribution in [3.8, 4) is 11.5 Å². The van der Waals surface area contributed by atoms with Crippen molar-refractivity contribution in [3.05, 3.63) is 41.2 Å². The Morgan fingerprint density at radius 3 is 2.67 bits per heavy atom. The predicted octanol–water partition coefficient (Wildman–Crippen LogP) is 2.64. The molecule has 3 heterocycles. The lowest BCUT2D eigenvalue weighted by Crippen LogP contribution is -2.23. The van der Waals surface area contributed by atoms with E-state index in [1.165, 1.54) is 4.90 Å². The van der Waals surface area contributed by atoms with Crippen LogP contribution in [0.2, 0.25) is 5.02 Å². The number of amides is 1. The Hall–Kier alpha value is -2.47. The van der Waals surface area contributed by atoms with E-state index in [-0.39, 0.29) is 11.6 Å². The fraction of sp³-hybridized carbons (Fsp3) is 0.143. The highest BCUT2D eigenvalue weighted by Crippen LogP contribution is 2.29. The normalized spacial score (nSPS) is 10.8. The highest BCUT2D eigenvalue weighted by atomic mass is 35.5. The van der Waals surface area contributed by atoms with Gasteiger partial charge in [-0.25, -0.2) is 0 Å². The molecule has 0 aliphatic heterocycles. The van der Waals surface area contributed by atoms with Crippen molar-refractivity contribution in [2.75, 3.05) is 14.1 Å². The van der Waals surface area contributed by atoms with E-state index < -0.39 is 0 Å². The number of hydrogen-bond donors (Lipinski definition) is 0. The second-order valence-corrected chi connectivity index (χ2v) is 5.03. The zero-order valence-corrected chi connectivity index (χ0v) is 12.1. The third-order valence-electron chi connectivity index (χ3n) is 2.91. The van der Waals surface area contributed by atoms with Crippen LogP contribution in [-0.2, 0) is 0 Å². The number of carbonyl (C=O) groups excluding carboxylic acids is 1. The van der Waals surface area contributed by atoms with Crippen LogP contribution in [0.5, 0.6) is 0 Å². The third-order valence-corrected chi connectivity index (χ3v) is 3.20. The summed E-state index contributed by atoms with van der Waals surface area (Å²) in [5.74, 6) is 0.297. The second-order valence-electron chi connectivity index (χ2n) is 4.62. The van der Waals surface area contributed by atoms with Gasteiger partial charge in [0, 0.05) is 26.4 Å². The highest BCUT2D eigenvalue weighted by molar-refractivity contribution is 6.34. The number of furan rings is 1. The maximum absolute atomic E-state index is 11.8. The van der Waals surface area contributed by atoms with E-state index in [9.17, 15) is 4.79 Å². The number of pyridine rings is 1. The molecule has 106 valence electrons. The van der Waals surface area contributed by atoms with Gasteiger partial charge in [-0.1, -0.05) is 11.6 Å². The fourth-order valence-electron chi connectivity index (χ4n) is 1.84. The number of fused-ring (bicyclic) bond motifs is 1. The SMILES string of the molecule is CN(C)C(=O)c1ccc(-c2cc3nccc(Cl)c3o2)nn1. The molecule has 0 saturated carbocycles. The summed E-state index contributed by atoms with van der Waals surface area (Å²) in [5.41, 5.74) is 1.94. The van der Waals surface area contributed by atoms with Gasteiger partial charge in [0.25, 0.3) is 5.91 Å². The van der Waals surface area contributed by atoms with Crippen LogP contribution < -0.4 is 0 Å². The quantitative estimate of drug-likeness (QED) is 0.727. The maximum Gasteiger partial charge on any atom is 0.273 e. The van der Waals surface area contributed by atoms with E-state index in [1.54, 1.807) is 44.6 Å². The first kappa shape index (κ1) is 13.5. The zero-order chi connectivity index (χ0) is 15.0. The van der Waals surface area contributed by atoms with Crippen molar-refractivity contribution in [1.82, 2.24) is 20.1 Å². The molecule has 7 heteroatoms. The Labute approximate surface area is 125 Å². The molecule has 0 aliphatic rings. The van der Waals surface area contributed by atoms with Gasteiger partial charge >= 0.3 is 0 Å². The molecule has 6 nitrogen and oxygen atoms in total. The average molecular weight is 303 g/mol. The van der Waals surface area contributed by atoms with Gasteiger partial charge < -0.3 is 9.32 Å². The molecule has 0 spiro atoms. The number of rotatable bonds is 2. The van der Waals surface area contributed by atoms with Crippen LogP contribution >= 0.6 is 11.6 Å². The van der Waals surface area contributed by atoms with Crippen molar-refractivity contribution in [1.29, 1.82) is 0 Å². The average Bonchev–Trinajstić information content (AvgIpc) is 2.92. The summed E-state index contributed by atoms with van der Waals surface area (Å²) in [5, 5.41) is 8.41. The number of hydrogen-bond acceptors (Lipinski definition) is 5. The van der Waals surface area contributed by atoms with Gasteiger partial charge in [-0.2, -0.15) is 0 Å². The summed E-state index contributed by atoms with van der Waals surface area (Å²) < 4.78 is 5.64. The number of nitrogens with zero attached hydrogens (tertiary/aromatic N) is 4. The van der Waals surface area contributed by atoms with Gasteiger partial charge in [-0.15, -0.1) is 10.2 Å². The molecule has 0 fully saturated rings. The lowest BCUT2D eigenvalue weighted by Gasteiger charge is -2.08. The van der Waals surface area contributed by atoms with Gasteiger partial charge in [-0.3, -0.25) is 9.78 Å². The molecule has 0 atom stereocenters. The number of aromatic nitrogens is 3. The Morgan fingerprint density at radius 1 is 1.24 bits per heavy atom. The summed E-state index contributed by atoms with van der Waals surface area (Å²) in [6.45, 7) is 0. The molecule has 0 N–H and O–H groups in total. The van der Waals surface area contributed by atoms with Crippen molar-refractivity contribution in [2.24, 2.45) is 0 Å². The standard InChI is InChI=1S/C14H11ClN4O2/c1-19(2)14(20)10-4-3-9(17-18-10)12-7-11-13(21-12)8(15)5-6-16-11/h3-7H,1-2H3. The minimum atomic E-state index is -0.205.